The Balaban J connectivity index is 2.43. The van der Waals surface area contributed by atoms with Crippen molar-refractivity contribution in [2.24, 2.45) is 0 Å². The van der Waals surface area contributed by atoms with Gasteiger partial charge in [-0.15, -0.1) is 11.3 Å². The summed E-state index contributed by atoms with van der Waals surface area (Å²) in [6, 6.07) is 6.45. The first-order valence-corrected chi connectivity index (χ1v) is 10.5. The molecule has 0 aliphatic heterocycles. The maximum atomic E-state index is 12.8. The van der Waals surface area contributed by atoms with Crippen LogP contribution in [0.25, 0.3) is 0 Å². The minimum absolute atomic E-state index is 0.179. The number of thiophene rings is 1. The molecule has 8 heteroatoms. The van der Waals surface area contributed by atoms with Crippen LogP contribution >= 0.6 is 22.9 Å². The Morgan fingerprint density at radius 2 is 1.84 bits per heavy atom. The number of hydrogen-bond donors (Lipinski definition) is 1. The Morgan fingerprint density at radius 3 is 2.36 bits per heavy atom. The fourth-order valence-corrected chi connectivity index (χ4v) is 4.95. The molecule has 0 atom stereocenters. The van der Waals surface area contributed by atoms with Crippen LogP contribution in [0.4, 0.5) is 5.69 Å². The zero-order valence-electron chi connectivity index (χ0n) is 14.6. The summed E-state index contributed by atoms with van der Waals surface area (Å²) >= 11 is 7.04. The maximum absolute atomic E-state index is 12.8. The molecule has 0 spiro atoms. The van der Waals surface area contributed by atoms with Crippen molar-refractivity contribution < 1.29 is 13.2 Å². The van der Waals surface area contributed by atoms with Crippen molar-refractivity contribution in [3.05, 3.63) is 44.6 Å². The molecular formula is C17H21ClN2O3S2. The highest BCUT2D eigenvalue weighted by Gasteiger charge is 2.23. The van der Waals surface area contributed by atoms with Gasteiger partial charge >= 0.3 is 0 Å². The molecule has 1 aromatic heterocycles. The molecule has 0 radical (unpaired) electrons. The van der Waals surface area contributed by atoms with Crippen LogP contribution in [0.1, 0.15) is 34.6 Å². The molecule has 5 nitrogen and oxygen atoms in total. The van der Waals surface area contributed by atoms with Crippen LogP contribution in [-0.2, 0) is 10.0 Å². The Morgan fingerprint density at radius 1 is 1.20 bits per heavy atom. The van der Waals surface area contributed by atoms with Gasteiger partial charge in [-0.3, -0.25) is 4.79 Å². The molecule has 1 N–H and O–H groups in total. The molecule has 0 unspecified atom stereocenters. The van der Waals surface area contributed by atoms with Crippen molar-refractivity contribution in [3.8, 4) is 0 Å². The van der Waals surface area contributed by atoms with E-state index in [4.69, 9.17) is 11.6 Å². The van der Waals surface area contributed by atoms with Crippen LogP contribution in [0.5, 0.6) is 0 Å². The molecule has 2 aromatic rings. The number of hydrogen-bond acceptors (Lipinski definition) is 4. The standard InChI is InChI=1S/C17H21ClN2O3S2/c1-5-20(6-2)25(22,23)13-9-11(3)12(4)14(10-13)19-17(21)15-7-8-16(18)24-15/h7-10H,5-6H2,1-4H3,(H,19,21). The highest BCUT2D eigenvalue weighted by Crippen LogP contribution is 2.28. The van der Waals surface area contributed by atoms with E-state index in [9.17, 15) is 13.2 Å². The lowest BCUT2D eigenvalue weighted by molar-refractivity contribution is 0.103. The van der Waals surface area contributed by atoms with Crippen molar-refractivity contribution in [2.45, 2.75) is 32.6 Å². The number of nitrogens with zero attached hydrogens (tertiary/aromatic N) is 1. The van der Waals surface area contributed by atoms with Gasteiger partial charge < -0.3 is 5.32 Å². The van der Waals surface area contributed by atoms with E-state index >= 15 is 0 Å². The second kappa shape index (κ2) is 7.86. The topological polar surface area (TPSA) is 66.5 Å². The fourth-order valence-electron chi connectivity index (χ4n) is 2.44. The second-order valence-electron chi connectivity index (χ2n) is 5.56. The number of carbonyl (C=O) groups excluding carboxylic acids is 1. The van der Waals surface area contributed by atoms with Crippen molar-refractivity contribution >= 4 is 44.6 Å². The number of benzene rings is 1. The molecule has 1 aromatic carbocycles. The number of nitrogens with one attached hydrogen (secondary N) is 1. The number of anilines is 1. The van der Waals surface area contributed by atoms with Gasteiger partial charge in [-0.05, 0) is 49.2 Å². The van der Waals surface area contributed by atoms with E-state index in [1.54, 1.807) is 32.0 Å². The van der Waals surface area contributed by atoms with Crippen molar-refractivity contribution in [1.29, 1.82) is 0 Å². The number of rotatable bonds is 6. The first-order valence-electron chi connectivity index (χ1n) is 7.88. The van der Waals surface area contributed by atoms with Crippen LogP contribution in [0, 0.1) is 13.8 Å². The number of aryl methyl sites for hydroxylation is 1. The summed E-state index contributed by atoms with van der Waals surface area (Å²) in [5.74, 6) is -0.309. The molecule has 0 fully saturated rings. The van der Waals surface area contributed by atoms with E-state index in [0.717, 1.165) is 11.1 Å². The lowest BCUT2D eigenvalue weighted by Crippen LogP contribution is -2.30. The lowest BCUT2D eigenvalue weighted by atomic mass is 10.1. The Labute approximate surface area is 157 Å². The maximum Gasteiger partial charge on any atom is 0.265 e. The fraction of sp³-hybridized carbons (Fsp3) is 0.353. The van der Waals surface area contributed by atoms with E-state index < -0.39 is 10.0 Å². The van der Waals surface area contributed by atoms with E-state index in [1.807, 2.05) is 13.8 Å². The second-order valence-corrected chi connectivity index (χ2v) is 9.21. The average molecular weight is 401 g/mol. The summed E-state index contributed by atoms with van der Waals surface area (Å²) in [6.07, 6.45) is 0. The van der Waals surface area contributed by atoms with Gasteiger partial charge in [-0.1, -0.05) is 25.4 Å². The van der Waals surface area contributed by atoms with E-state index in [0.29, 0.717) is 28.0 Å². The Bertz CT molecular complexity index is 887. The number of amides is 1. The van der Waals surface area contributed by atoms with Gasteiger partial charge in [0.2, 0.25) is 10.0 Å². The largest absolute Gasteiger partial charge is 0.321 e. The third-order valence-electron chi connectivity index (χ3n) is 4.03. The molecular weight excluding hydrogens is 380 g/mol. The minimum atomic E-state index is -3.60. The summed E-state index contributed by atoms with van der Waals surface area (Å²) in [6.45, 7) is 8.05. The first-order chi connectivity index (χ1) is 11.7. The molecule has 25 heavy (non-hydrogen) atoms. The monoisotopic (exact) mass is 400 g/mol. The van der Waals surface area contributed by atoms with Gasteiger partial charge in [0, 0.05) is 18.8 Å². The molecule has 136 valence electrons. The molecule has 0 saturated carbocycles. The lowest BCUT2D eigenvalue weighted by Gasteiger charge is -2.20. The third-order valence-corrected chi connectivity index (χ3v) is 7.29. The highest BCUT2D eigenvalue weighted by atomic mass is 35.5. The Hall–Kier alpha value is -1.41. The van der Waals surface area contributed by atoms with Crippen molar-refractivity contribution in [3.63, 3.8) is 0 Å². The van der Waals surface area contributed by atoms with E-state index in [1.165, 1.54) is 21.7 Å². The quantitative estimate of drug-likeness (QED) is 0.785. The summed E-state index contributed by atoms with van der Waals surface area (Å²) in [5, 5.41) is 2.80. The number of sulfonamides is 1. The van der Waals surface area contributed by atoms with Gasteiger partial charge in [-0.25, -0.2) is 8.42 Å². The molecule has 0 aliphatic carbocycles. The molecule has 1 amide bonds. The van der Waals surface area contributed by atoms with Crippen LogP contribution in [0.15, 0.2) is 29.2 Å². The van der Waals surface area contributed by atoms with Gasteiger partial charge in [0.1, 0.15) is 0 Å². The highest BCUT2D eigenvalue weighted by molar-refractivity contribution is 7.89. The minimum Gasteiger partial charge on any atom is -0.321 e. The SMILES string of the molecule is CCN(CC)S(=O)(=O)c1cc(C)c(C)c(NC(=O)c2ccc(Cl)s2)c1. The normalized spacial score (nSPS) is 11.8. The van der Waals surface area contributed by atoms with Crippen molar-refractivity contribution in [1.82, 2.24) is 4.31 Å². The molecule has 2 rings (SSSR count). The van der Waals surface area contributed by atoms with Crippen LogP contribution < -0.4 is 5.32 Å². The smallest absolute Gasteiger partial charge is 0.265 e. The van der Waals surface area contributed by atoms with Crippen LogP contribution in [0.3, 0.4) is 0 Å². The van der Waals surface area contributed by atoms with Gasteiger partial charge in [-0.2, -0.15) is 4.31 Å². The number of carbonyl (C=O) groups is 1. The van der Waals surface area contributed by atoms with Gasteiger partial charge in [0.05, 0.1) is 14.1 Å². The summed E-state index contributed by atoms with van der Waals surface area (Å²) in [5.41, 5.74) is 2.11. The van der Waals surface area contributed by atoms with E-state index in [-0.39, 0.29) is 10.8 Å². The Kier molecular flexibility index (Phi) is 6.26. The molecule has 0 bridgehead atoms. The van der Waals surface area contributed by atoms with E-state index in [2.05, 4.69) is 5.32 Å². The zero-order valence-corrected chi connectivity index (χ0v) is 17.0. The van der Waals surface area contributed by atoms with Gasteiger partial charge in [0.15, 0.2) is 0 Å². The summed E-state index contributed by atoms with van der Waals surface area (Å²) in [4.78, 5) is 13.0. The first kappa shape index (κ1) is 19.9. The predicted octanol–water partition coefficient (Wildman–Crippen LogP) is 4.30. The zero-order chi connectivity index (χ0) is 18.8. The average Bonchev–Trinajstić information content (AvgIpc) is 2.99. The third kappa shape index (κ3) is 4.23. The molecule has 0 aliphatic rings. The van der Waals surface area contributed by atoms with Crippen LogP contribution in [0.2, 0.25) is 4.34 Å². The molecule has 0 saturated heterocycles. The summed E-state index contributed by atoms with van der Waals surface area (Å²) in [7, 11) is -3.60. The summed E-state index contributed by atoms with van der Waals surface area (Å²) < 4.78 is 27.4. The molecule has 1 heterocycles. The van der Waals surface area contributed by atoms with Crippen molar-refractivity contribution in [2.75, 3.05) is 18.4 Å². The predicted molar refractivity (Wildman–Crippen MR) is 103 cm³/mol. The van der Waals surface area contributed by atoms with Crippen LogP contribution in [-0.4, -0.2) is 31.7 Å². The number of halogens is 1. The van der Waals surface area contributed by atoms with Gasteiger partial charge in [0.25, 0.3) is 5.91 Å².